The van der Waals surface area contributed by atoms with E-state index < -0.39 is 52.7 Å². The Morgan fingerprint density at radius 2 is 1.56 bits per heavy atom. The molecule has 1 fully saturated rings. The number of hydrogen-bond donors (Lipinski definition) is 0. The van der Waals surface area contributed by atoms with Crippen LogP contribution in [0.25, 0.3) is 0 Å². The number of benzene rings is 2. The molecule has 0 aromatic heterocycles. The molecule has 0 radical (unpaired) electrons. The Morgan fingerprint density at radius 3 is 2.19 bits per heavy atom. The summed E-state index contributed by atoms with van der Waals surface area (Å²) < 4.78 is 106. The average molecular weight is 460 g/mol. The predicted molar refractivity (Wildman–Crippen MR) is 100.0 cm³/mol. The van der Waals surface area contributed by atoms with Crippen LogP contribution >= 0.6 is 0 Å². The van der Waals surface area contributed by atoms with Crippen molar-refractivity contribution < 1.29 is 45.3 Å². The van der Waals surface area contributed by atoms with Gasteiger partial charge in [-0.15, -0.1) is 5.92 Å². The van der Waals surface area contributed by atoms with E-state index in [1.165, 1.54) is 6.92 Å². The molecule has 0 unspecified atom stereocenters. The fourth-order valence-electron chi connectivity index (χ4n) is 2.99. The van der Waals surface area contributed by atoms with E-state index in [0.717, 1.165) is 18.2 Å². The van der Waals surface area contributed by atoms with E-state index in [1.807, 2.05) is 0 Å². The van der Waals surface area contributed by atoms with Crippen LogP contribution in [0.2, 0.25) is 0 Å². The highest BCUT2D eigenvalue weighted by Crippen LogP contribution is 2.38. The summed E-state index contributed by atoms with van der Waals surface area (Å²) in [6.45, 7) is 3.30. The maximum Gasteiger partial charge on any atom is 0.429 e. The molecular weight excluding hydrogens is 442 g/mol. The molecule has 3 rings (SSSR count). The lowest BCUT2D eigenvalue weighted by Gasteiger charge is -2.27. The molecule has 1 heterocycles. The van der Waals surface area contributed by atoms with Gasteiger partial charge >= 0.3 is 6.11 Å². The normalized spacial score (nSPS) is 18.6. The van der Waals surface area contributed by atoms with Gasteiger partial charge in [0, 0.05) is 5.56 Å². The number of ether oxygens (including phenoxy) is 4. The quantitative estimate of drug-likeness (QED) is 0.424. The zero-order chi connectivity index (χ0) is 23.5. The standard InChI is InChI=1S/C22H18F6O4/c1-3-5-12-10-30-21(31-11-12)13-6-8-16(20(26)17(13)23)32-22(27,28)14-7-9-15(29-4-2)19(25)18(14)24/h6-9,12,21H,4,10-11H2,1-2H3. The topological polar surface area (TPSA) is 36.9 Å². The molecule has 172 valence electrons. The second-order valence-electron chi connectivity index (χ2n) is 6.66. The lowest BCUT2D eigenvalue weighted by atomic mass is 10.1. The SMILES string of the molecule is CC#CC1COC(c2ccc(OC(F)(F)c3ccc(OCC)c(F)c3F)c(F)c2F)OC1. The third-order valence-corrected chi connectivity index (χ3v) is 4.48. The number of halogens is 6. The predicted octanol–water partition coefficient (Wildman–Crippen LogP) is 5.45. The van der Waals surface area contributed by atoms with Crippen molar-refractivity contribution in [1.29, 1.82) is 0 Å². The van der Waals surface area contributed by atoms with Crippen LogP contribution in [-0.4, -0.2) is 19.8 Å². The minimum absolute atomic E-state index is 0.0273. The van der Waals surface area contributed by atoms with Gasteiger partial charge in [0.2, 0.25) is 11.6 Å². The summed E-state index contributed by atoms with van der Waals surface area (Å²) in [5.74, 6) is -3.44. The van der Waals surface area contributed by atoms with E-state index in [0.29, 0.717) is 6.07 Å². The molecule has 4 nitrogen and oxygen atoms in total. The van der Waals surface area contributed by atoms with Gasteiger partial charge in [-0.2, -0.15) is 17.6 Å². The summed E-state index contributed by atoms with van der Waals surface area (Å²) in [5.41, 5.74) is -1.89. The molecule has 1 aliphatic rings. The monoisotopic (exact) mass is 460 g/mol. The van der Waals surface area contributed by atoms with Gasteiger partial charge in [-0.25, -0.2) is 8.78 Å². The van der Waals surface area contributed by atoms with E-state index in [2.05, 4.69) is 16.6 Å². The Kier molecular flexibility index (Phi) is 7.21. The van der Waals surface area contributed by atoms with Gasteiger partial charge in [0.25, 0.3) is 0 Å². The third-order valence-electron chi connectivity index (χ3n) is 4.48. The third kappa shape index (κ3) is 4.79. The summed E-state index contributed by atoms with van der Waals surface area (Å²) in [6.07, 6.45) is -5.79. The van der Waals surface area contributed by atoms with Gasteiger partial charge in [-0.05, 0) is 38.1 Å². The highest BCUT2D eigenvalue weighted by molar-refractivity contribution is 5.35. The lowest BCUT2D eigenvalue weighted by molar-refractivity contribution is -0.198. The van der Waals surface area contributed by atoms with E-state index in [9.17, 15) is 26.3 Å². The van der Waals surface area contributed by atoms with Crippen LogP contribution in [0.1, 0.15) is 31.3 Å². The van der Waals surface area contributed by atoms with Crippen molar-refractivity contribution in [1.82, 2.24) is 0 Å². The Hall–Kier alpha value is -2.90. The zero-order valence-corrected chi connectivity index (χ0v) is 17.0. The van der Waals surface area contributed by atoms with Crippen molar-refractivity contribution in [3.8, 4) is 23.3 Å². The van der Waals surface area contributed by atoms with E-state index in [-0.39, 0.29) is 31.3 Å². The lowest BCUT2D eigenvalue weighted by Crippen LogP contribution is -2.27. The molecule has 10 heteroatoms. The number of rotatable bonds is 6. The maximum absolute atomic E-state index is 14.5. The van der Waals surface area contributed by atoms with E-state index >= 15 is 0 Å². The number of hydrogen-bond acceptors (Lipinski definition) is 4. The first-order chi connectivity index (χ1) is 15.2. The zero-order valence-electron chi connectivity index (χ0n) is 17.0. The average Bonchev–Trinajstić information content (AvgIpc) is 2.76. The van der Waals surface area contributed by atoms with E-state index in [4.69, 9.17) is 14.2 Å². The molecule has 0 bridgehead atoms. The molecule has 2 aromatic rings. The van der Waals surface area contributed by atoms with Crippen LogP contribution < -0.4 is 9.47 Å². The first kappa shape index (κ1) is 23.8. The number of alkyl halides is 2. The highest BCUT2D eigenvalue weighted by atomic mass is 19.3. The second-order valence-corrected chi connectivity index (χ2v) is 6.66. The maximum atomic E-state index is 14.5. The van der Waals surface area contributed by atoms with Crippen LogP contribution in [0.5, 0.6) is 11.5 Å². The van der Waals surface area contributed by atoms with Crippen molar-refractivity contribution in [3.63, 3.8) is 0 Å². The fourth-order valence-corrected chi connectivity index (χ4v) is 2.99. The van der Waals surface area contributed by atoms with Crippen LogP contribution in [0.3, 0.4) is 0 Å². The van der Waals surface area contributed by atoms with Crippen molar-refractivity contribution in [2.24, 2.45) is 5.92 Å². The molecule has 0 aliphatic carbocycles. The van der Waals surface area contributed by atoms with Gasteiger partial charge in [0.1, 0.15) is 5.56 Å². The summed E-state index contributed by atoms with van der Waals surface area (Å²) in [5, 5.41) is 0. The summed E-state index contributed by atoms with van der Waals surface area (Å²) in [7, 11) is 0. The van der Waals surface area contributed by atoms with Crippen LogP contribution in [0, 0.1) is 41.0 Å². The van der Waals surface area contributed by atoms with Crippen LogP contribution in [0.4, 0.5) is 26.3 Å². The van der Waals surface area contributed by atoms with Crippen LogP contribution in [0.15, 0.2) is 24.3 Å². The minimum atomic E-state index is -4.52. The molecule has 0 atom stereocenters. The largest absolute Gasteiger partial charge is 0.491 e. The molecule has 0 spiro atoms. The molecule has 2 aromatic carbocycles. The van der Waals surface area contributed by atoms with Crippen molar-refractivity contribution in [3.05, 3.63) is 58.7 Å². The van der Waals surface area contributed by atoms with Gasteiger partial charge in [0.15, 0.2) is 29.4 Å². The molecule has 0 saturated carbocycles. The molecule has 0 amide bonds. The molecule has 1 saturated heterocycles. The van der Waals surface area contributed by atoms with Crippen molar-refractivity contribution >= 4 is 0 Å². The fraction of sp³-hybridized carbons (Fsp3) is 0.364. The molecule has 1 aliphatic heterocycles. The summed E-state index contributed by atoms with van der Waals surface area (Å²) >= 11 is 0. The van der Waals surface area contributed by atoms with Crippen molar-refractivity contribution in [2.75, 3.05) is 19.8 Å². The van der Waals surface area contributed by atoms with Crippen molar-refractivity contribution in [2.45, 2.75) is 26.2 Å². The smallest absolute Gasteiger partial charge is 0.429 e. The van der Waals surface area contributed by atoms with E-state index in [1.54, 1.807) is 6.92 Å². The molecule has 32 heavy (non-hydrogen) atoms. The Morgan fingerprint density at radius 1 is 0.938 bits per heavy atom. The molecular formula is C22H18F6O4. The van der Waals surface area contributed by atoms with Gasteiger partial charge < -0.3 is 18.9 Å². The summed E-state index contributed by atoms with van der Waals surface area (Å²) in [6, 6.07) is 2.97. The Bertz CT molecular complexity index is 1040. The summed E-state index contributed by atoms with van der Waals surface area (Å²) in [4.78, 5) is 0. The second kappa shape index (κ2) is 9.71. The Balaban J connectivity index is 1.83. The van der Waals surface area contributed by atoms with Gasteiger partial charge in [-0.1, -0.05) is 5.92 Å². The van der Waals surface area contributed by atoms with Crippen LogP contribution in [-0.2, 0) is 15.6 Å². The molecule has 0 N–H and O–H groups in total. The van der Waals surface area contributed by atoms with Gasteiger partial charge in [-0.3, -0.25) is 0 Å². The minimum Gasteiger partial charge on any atom is -0.491 e. The highest BCUT2D eigenvalue weighted by Gasteiger charge is 2.41. The Labute approximate surface area is 180 Å². The van der Waals surface area contributed by atoms with Gasteiger partial charge in [0.05, 0.1) is 25.7 Å². The first-order valence-corrected chi connectivity index (χ1v) is 9.51. The first-order valence-electron chi connectivity index (χ1n) is 9.51.